The summed E-state index contributed by atoms with van der Waals surface area (Å²) < 4.78 is 6.03. The number of amides is 1. The Bertz CT molecular complexity index is 1100. The monoisotopic (exact) mass is 358 g/mol. The zero-order chi connectivity index (χ0) is 18.6. The van der Waals surface area contributed by atoms with Gasteiger partial charge in [-0.15, -0.1) is 0 Å². The largest absolute Gasteiger partial charge is 0.489 e. The Hall–Kier alpha value is -3.27. The Labute approximate surface area is 158 Å². The summed E-state index contributed by atoms with van der Waals surface area (Å²) in [6.45, 7) is 2.69. The summed E-state index contributed by atoms with van der Waals surface area (Å²) in [7, 11) is 0. The topological polar surface area (TPSA) is 54.1 Å². The van der Waals surface area contributed by atoms with Crippen LogP contribution in [0.2, 0.25) is 0 Å². The summed E-state index contributed by atoms with van der Waals surface area (Å²) in [5.41, 5.74) is 3.40. The zero-order valence-electron chi connectivity index (χ0n) is 15.3. The van der Waals surface area contributed by atoms with Crippen LogP contribution in [0.5, 0.6) is 5.75 Å². The van der Waals surface area contributed by atoms with Crippen molar-refractivity contribution in [2.24, 2.45) is 0 Å². The lowest BCUT2D eigenvalue weighted by atomic mass is 10.1. The van der Waals surface area contributed by atoms with E-state index >= 15 is 0 Å². The van der Waals surface area contributed by atoms with Crippen molar-refractivity contribution in [3.63, 3.8) is 0 Å². The van der Waals surface area contributed by atoms with Crippen LogP contribution in [0.4, 0.5) is 0 Å². The van der Waals surface area contributed by atoms with Gasteiger partial charge >= 0.3 is 0 Å². The number of hydrogen-bond donors (Lipinski definition) is 2. The molecule has 0 unspecified atom stereocenters. The van der Waals surface area contributed by atoms with E-state index in [1.165, 1.54) is 23.3 Å². The van der Waals surface area contributed by atoms with Gasteiger partial charge in [0.25, 0.3) is 0 Å². The van der Waals surface area contributed by atoms with E-state index in [0.29, 0.717) is 13.2 Å². The maximum absolute atomic E-state index is 11.1. The number of benzene rings is 3. The lowest BCUT2D eigenvalue weighted by Gasteiger charge is -2.08. The Morgan fingerprint density at radius 3 is 2.74 bits per heavy atom. The molecule has 4 aromatic rings. The molecule has 2 N–H and O–H groups in total. The minimum Gasteiger partial charge on any atom is -0.489 e. The van der Waals surface area contributed by atoms with Gasteiger partial charge in [0.05, 0.1) is 0 Å². The van der Waals surface area contributed by atoms with E-state index in [4.69, 9.17) is 4.74 Å². The van der Waals surface area contributed by atoms with Gasteiger partial charge in [0.2, 0.25) is 5.91 Å². The molecule has 136 valence electrons. The number of ether oxygens (including phenoxy) is 1. The van der Waals surface area contributed by atoms with Crippen LogP contribution >= 0.6 is 0 Å². The van der Waals surface area contributed by atoms with Gasteiger partial charge in [0, 0.05) is 30.6 Å². The van der Waals surface area contributed by atoms with Gasteiger partial charge in [-0.3, -0.25) is 4.79 Å². The van der Waals surface area contributed by atoms with Crippen molar-refractivity contribution in [1.82, 2.24) is 10.3 Å². The quantitative estimate of drug-likeness (QED) is 0.530. The second-order valence-corrected chi connectivity index (χ2v) is 6.72. The van der Waals surface area contributed by atoms with Gasteiger partial charge in [-0.05, 0) is 52.6 Å². The predicted octanol–water partition coefficient (Wildman–Crippen LogP) is 4.58. The van der Waals surface area contributed by atoms with Gasteiger partial charge in [-0.1, -0.05) is 36.4 Å². The molecule has 1 amide bonds. The maximum Gasteiger partial charge on any atom is 0.216 e. The number of hydrogen-bond acceptors (Lipinski definition) is 2. The molecule has 0 aliphatic carbocycles. The number of carbonyl (C=O) groups is 1. The number of rotatable bonds is 6. The maximum atomic E-state index is 11.1. The highest BCUT2D eigenvalue weighted by atomic mass is 16.5. The van der Waals surface area contributed by atoms with E-state index in [1.807, 2.05) is 24.4 Å². The zero-order valence-corrected chi connectivity index (χ0v) is 15.3. The first-order chi connectivity index (χ1) is 13.2. The fraction of sp³-hybridized carbons (Fsp3) is 0.174. The summed E-state index contributed by atoms with van der Waals surface area (Å²) in [4.78, 5) is 14.3. The van der Waals surface area contributed by atoms with E-state index in [1.54, 1.807) is 0 Å². The van der Waals surface area contributed by atoms with E-state index in [2.05, 4.69) is 52.8 Å². The van der Waals surface area contributed by atoms with Crippen molar-refractivity contribution >= 4 is 27.6 Å². The smallest absolute Gasteiger partial charge is 0.216 e. The van der Waals surface area contributed by atoms with Crippen LogP contribution in [0.25, 0.3) is 21.7 Å². The average Bonchev–Trinajstić information content (AvgIpc) is 3.08. The normalized spacial score (nSPS) is 11.0. The molecule has 0 saturated carbocycles. The third-order valence-electron chi connectivity index (χ3n) is 4.73. The molecule has 3 aromatic carbocycles. The molecule has 1 heterocycles. The van der Waals surface area contributed by atoms with Crippen molar-refractivity contribution in [3.8, 4) is 5.75 Å². The molecular formula is C23H22N2O2. The fourth-order valence-electron chi connectivity index (χ4n) is 3.32. The van der Waals surface area contributed by atoms with Crippen LogP contribution in [0.3, 0.4) is 0 Å². The van der Waals surface area contributed by atoms with E-state index in [0.717, 1.165) is 28.6 Å². The average molecular weight is 358 g/mol. The van der Waals surface area contributed by atoms with Crippen LogP contribution in [0, 0.1) is 0 Å². The SMILES string of the molecule is CC(=O)NCCc1c[nH]c2ccc(OCc3ccc4ccccc4c3)cc12. The van der Waals surface area contributed by atoms with Crippen LogP contribution in [-0.4, -0.2) is 17.4 Å². The first kappa shape index (κ1) is 17.2. The molecule has 0 saturated heterocycles. The number of aromatic nitrogens is 1. The van der Waals surface area contributed by atoms with Gasteiger partial charge in [-0.2, -0.15) is 0 Å². The molecule has 4 nitrogen and oxygen atoms in total. The van der Waals surface area contributed by atoms with Gasteiger partial charge < -0.3 is 15.0 Å². The van der Waals surface area contributed by atoms with E-state index in [-0.39, 0.29) is 5.91 Å². The molecule has 0 atom stereocenters. The Morgan fingerprint density at radius 1 is 1.04 bits per heavy atom. The molecule has 27 heavy (non-hydrogen) atoms. The molecule has 0 spiro atoms. The number of fused-ring (bicyclic) bond motifs is 2. The van der Waals surface area contributed by atoms with Crippen molar-refractivity contribution in [2.75, 3.05) is 6.54 Å². The highest BCUT2D eigenvalue weighted by molar-refractivity contribution is 5.85. The lowest BCUT2D eigenvalue weighted by Crippen LogP contribution is -2.22. The summed E-state index contributed by atoms with van der Waals surface area (Å²) in [6, 6.07) is 20.8. The number of nitrogens with one attached hydrogen (secondary N) is 2. The van der Waals surface area contributed by atoms with Crippen molar-refractivity contribution in [1.29, 1.82) is 0 Å². The number of H-pyrrole nitrogens is 1. The second kappa shape index (κ2) is 7.54. The highest BCUT2D eigenvalue weighted by Crippen LogP contribution is 2.25. The van der Waals surface area contributed by atoms with E-state index < -0.39 is 0 Å². The highest BCUT2D eigenvalue weighted by Gasteiger charge is 2.06. The summed E-state index contributed by atoms with van der Waals surface area (Å²) in [5, 5.41) is 6.43. The number of aromatic amines is 1. The van der Waals surface area contributed by atoms with E-state index in [9.17, 15) is 4.79 Å². The van der Waals surface area contributed by atoms with Crippen LogP contribution in [0.15, 0.2) is 66.9 Å². The molecule has 0 radical (unpaired) electrons. The Morgan fingerprint density at radius 2 is 1.89 bits per heavy atom. The summed E-state index contributed by atoms with van der Waals surface area (Å²) in [5.74, 6) is 0.838. The standard InChI is InChI=1S/C23H22N2O2/c1-16(26)24-11-10-20-14-25-23-9-8-21(13-22(20)23)27-15-17-6-7-18-4-2-3-5-19(18)12-17/h2-9,12-14,25H,10-11,15H2,1H3,(H,24,26). The predicted molar refractivity (Wildman–Crippen MR) is 109 cm³/mol. The Balaban J connectivity index is 1.48. The molecule has 4 rings (SSSR count). The first-order valence-electron chi connectivity index (χ1n) is 9.14. The molecule has 4 heteroatoms. The minimum absolute atomic E-state index is 0.00533. The van der Waals surface area contributed by atoms with Crippen LogP contribution in [-0.2, 0) is 17.8 Å². The number of carbonyl (C=O) groups excluding carboxylic acids is 1. The molecule has 1 aromatic heterocycles. The third kappa shape index (κ3) is 3.95. The van der Waals surface area contributed by atoms with Gasteiger partial charge in [0.1, 0.15) is 12.4 Å². The van der Waals surface area contributed by atoms with Gasteiger partial charge in [-0.25, -0.2) is 0 Å². The summed E-state index contributed by atoms with van der Waals surface area (Å²) in [6.07, 6.45) is 2.79. The summed E-state index contributed by atoms with van der Waals surface area (Å²) >= 11 is 0. The third-order valence-corrected chi connectivity index (χ3v) is 4.73. The molecule has 0 fully saturated rings. The Kier molecular flexibility index (Phi) is 4.79. The molecule has 0 bridgehead atoms. The van der Waals surface area contributed by atoms with Crippen LogP contribution in [0.1, 0.15) is 18.1 Å². The van der Waals surface area contributed by atoms with Crippen molar-refractivity contribution in [3.05, 3.63) is 78.0 Å². The van der Waals surface area contributed by atoms with Crippen molar-refractivity contribution < 1.29 is 9.53 Å². The lowest BCUT2D eigenvalue weighted by molar-refractivity contribution is -0.118. The molecular weight excluding hydrogens is 336 g/mol. The first-order valence-corrected chi connectivity index (χ1v) is 9.14. The minimum atomic E-state index is -0.00533. The fourth-order valence-corrected chi connectivity index (χ4v) is 3.32. The van der Waals surface area contributed by atoms with Crippen molar-refractivity contribution in [2.45, 2.75) is 20.0 Å². The molecule has 0 aliphatic rings. The van der Waals surface area contributed by atoms with Crippen LogP contribution < -0.4 is 10.1 Å². The second-order valence-electron chi connectivity index (χ2n) is 6.72. The van der Waals surface area contributed by atoms with Gasteiger partial charge in [0.15, 0.2) is 0 Å². The molecule has 0 aliphatic heterocycles.